The van der Waals surface area contributed by atoms with Crippen LogP contribution in [0.2, 0.25) is 0 Å². The monoisotopic (exact) mass is 211 g/mol. The highest BCUT2D eigenvalue weighted by Gasteiger charge is 2.14. The average molecular weight is 211 g/mol. The van der Waals surface area contributed by atoms with E-state index in [1.807, 2.05) is 38.1 Å². The Hall–Kier alpha value is -1.36. The topological polar surface area (TPSA) is 58.4 Å². The van der Waals surface area contributed by atoms with Gasteiger partial charge in [-0.05, 0) is 19.9 Å². The largest absolute Gasteiger partial charge is 0.480 e. The fraction of sp³-hybridized carbons (Fsp3) is 0.600. The first-order chi connectivity index (χ1) is 6.99. The molecule has 1 heterocycles. The number of aliphatic carboxylic acids is 1. The number of aromatic nitrogens is 2. The quantitative estimate of drug-likeness (QED) is 0.779. The lowest BCUT2D eigenvalue weighted by molar-refractivity contribution is -0.138. The van der Waals surface area contributed by atoms with Crippen LogP contribution in [0.5, 0.6) is 0 Å². The van der Waals surface area contributed by atoms with Crippen LogP contribution in [0.3, 0.4) is 0 Å². The average Bonchev–Trinajstić information content (AvgIpc) is 2.49. The van der Waals surface area contributed by atoms with Crippen LogP contribution in [-0.2, 0) is 18.4 Å². The number of nitrogens with zero attached hydrogens (tertiary/aromatic N) is 3. The van der Waals surface area contributed by atoms with E-state index in [1.165, 1.54) is 0 Å². The van der Waals surface area contributed by atoms with Crippen LogP contribution in [0.25, 0.3) is 0 Å². The highest BCUT2D eigenvalue weighted by atomic mass is 16.4. The van der Waals surface area contributed by atoms with Gasteiger partial charge >= 0.3 is 5.97 Å². The molecule has 0 saturated carbocycles. The molecule has 84 valence electrons. The molecule has 15 heavy (non-hydrogen) atoms. The van der Waals surface area contributed by atoms with E-state index in [9.17, 15) is 4.79 Å². The summed E-state index contributed by atoms with van der Waals surface area (Å²) in [6, 6.07) is 2.10. The van der Waals surface area contributed by atoms with Crippen molar-refractivity contribution in [3.63, 3.8) is 0 Å². The molecule has 1 rings (SSSR count). The van der Waals surface area contributed by atoms with Crippen molar-refractivity contribution in [2.45, 2.75) is 26.4 Å². The van der Waals surface area contributed by atoms with Crippen molar-refractivity contribution in [2.24, 2.45) is 7.05 Å². The molecule has 1 N–H and O–H groups in total. The van der Waals surface area contributed by atoms with Gasteiger partial charge in [0.15, 0.2) is 0 Å². The summed E-state index contributed by atoms with van der Waals surface area (Å²) in [6.45, 7) is 4.58. The number of rotatable bonds is 5. The Morgan fingerprint density at radius 1 is 1.67 bits per heavy atom. The molecule has 0 spiro atoms. The third kappa shape index (κ3) is 3.71. The number of hydrogen-bond acceptors (Lipinski definition) is 3. The zero-order chi connectivity index (χ0) is 11.4. The van der Waals surface area contributed by atoms with Gasteiger partial charge in [0.2, 0.25) is 0 Å². The Labute approximate surface area is 89.3 Å². The highest BCUT2D eigenvalue weighted by Crippen LogP contribution is 2.05. The normalized spacial score (nSPS) is 11.3. The fourth-order valence-electron chi connectivity index (χ4n) is 1.35. The van der Waals surface area contributed by atoms with E-state index in [-0.39, 0.29) is 12.6 Å². The zero-order valence-electron chi connectivity index (χ0n) is 9.34. The van der Waals surface area contributed by atoms with Gasteiger partial charge in [-0.3, -0.25) is 14.4 Å². The number of aryl methyl sites for hydroxylation is 1. The van der Waals surface area contributed by atoms with Gasteiger partial charge in [0.1, 0.15) is 0 Å². The molecule has 5 heteroatoms. The maximum Gasteiger partial charge on any atom is 0.317 e. The lowest BCUT2D eigenvalue weighted by atomic mass is 10.3. The Kier molecular flexibility index (Phi) is 3.85. The summed E-state index contributed by atoms with van der Waals surface area (Å²) in [5.41, 5.74) is 0.896. The maximum absolute atomic E-state index is 10.6. The Morgan fingerprint density at radius 2 is 2.33 bits per heavy atom. The molecule has 0 bridgehead atoms. The molecule has 0 aliphatic carbocycles. The third-order valence-electron chi connectivity index (χ3n) is 2.20. The van der Waals surface area contributed by atoms with E-state index in [2.05, 4.69) is 5.10 Å². The van der Waals surface area contributed by atoms with Crippen molar-refractivity contribution in [1.82, 2.24) is 14.7 Å². The van der Waals surface area contributed by atoms with E-state index >= 15 is 0 Å². The van der Waals surface area contributed by atoms with Gasteiger partial charge in [0.25, 0.3) is 0 Å². The van der Waals surface area contributed by atoms with Gasteiger partial charge < -0.3 is 5.11 Å². The molecule has 5 nitrogen and oxygen atoms in total. The second-order valence-electron chi connectivity index (χ2n) is 3.87. The van der Waals surface area contributed by atoms with Crippen LogP contribution < -0.4 is 0 Å². The summed E-state index contributed by atoms with van der Waals surface area (Å²) in [5, 5.41) is 13.0. The number of carboxylic acid groups (broad SMARTS) is 1. The van der Waals surface area contributed by atoms with Crippen LogP contribution in [0.4, 0.5) is 0 Å². The number of carbonyl (C=O) groups is 1. The van der Waals surface area contributed by atoms with Crippen molar-refractivity contribution in [3.05, 3.63) is 18.0 Å². The minimum absolute atomic E-state index is 0.0498. The van der Waals surface area contributed by atoms with Gasteiger partial charge in [-0.2, -0.15) is 5.10 Å². The van der Waals surface area contributed by atoms with Crippen LogP contribution in [0, 0.1) is 0 Å². The van der Waals surface area contributed by atoms with Gasteiger partial charge in [-0.1, -0.05) is 0 Å². The summed E-state index contributed by atoms with van der Waals surface area (Å²) >= 11 is 0. The lowest BCUT2D eigenvalue weighted by Crippen LogP contribution is -2.35. The van der Waals surface area contributed by atoms with Crippen molar-refractivity contribution in [1.29, 1.82) is 0 Å². The first kappa shape index (κ1) is 11.7. The molecule has 0 aromatic carbocycles. The predicted octanol–water partition coefficient (Wildman–Crippen LogP) is 0.715. The van der Waals surface area contributed by atoms with E-state index < -0.39 is 5.97 Å². The fourth-order valence-corrected chi connectivity index (χ4v) is 1.35. The lowest BCUT2D eigenvalue weighted by Gasteiger charge is -2.23. The van der Waals surface area contributed by atoms with Crippen molar-refractivity contribution in [2.75, 3.05) is 6.54 Å². The van der Waals surface area contributed by atoms with Gasteiger partial charge in [0, 0.05) is 25.8 Å². The summed E-state index contributed by atoms with van der Waals surface area (Å²) in [6.07, 6.45) is 1.86. The molecule has 0 amide bonds. The Balaban J connectivity index is 2.62. The Bertz CT molecular complexity index is 333. The summed E-state index contributed by atoms with van der Waals surface area (Å²) in [4.78, 5) is 12.5. The van der Waals surface area contributed by atoms with Crippen LogP contribution in [0.15, 0.2) is 12.3 Å². The zero-order valence-corrected chi connectivity index (χ0v) is 9.34. The van der Waals surface area contributed by atoms with E-state index in [1.54, 1.807) is 4.68 Å². The molecule has 0 aliphatic heterocycles. The number of hydrogen-bond donors (Lipinski definition) is 1. The van der Waals surface area contributed by atoms with E-state index in [4.69, 9.17) is 5.11 Å². The SMILES string of the molecule is CC(C)N(CC(=O)O)Cc1ccn(C)n1. The standard InChI is InChI=1S/C10H17N3O2/c1-8(2)13(7-10(14)15)6-9-4-5-12(3)11-9/h4-5,8H,6-7H2,1-3H3,(H,14,15). The minimum atomic E-state index is -0.806. The second kappa shape index (κ2) is 4.93. The molecule has 0 unspecified atom stereocenters. The summed E-state index contributed by atoms with van der Waals surface area (Å²) in [5.74, 6) is -0.806. The second-order valence-corrected chi connectivity index (χ2v) is 3.87. The summed E-state index contributed by atoms with van der Waals surface area (Å²) in [7, 11) is 1.85. The Morgan fingerprint density at radius 3 is 2.73 bits per heavy atom. The molecular formula is C10H17N3O2. The first-order valence-electron chi connectivity index (χ1n) is 4.93. The van der Waals surface area contributed by atoms with Crippen LogP contribution in [-0.4, -0.2) is 38.3 Å². The van der Waals surface area contributed by atoms with E-state index in [0.717, 1.165) is 5.69 Å². The van der Waals surface area contributed by atoms with Gasteiger partial charge in [0.05, 0.1) is 12.2 Å². The molecule has 0 saturated heterocycles. The molecule has 0 fully saturated rings. The first-order valence-corrected chi connectivity index (χ1v) is 4.93. The number of carboxylic acids is 1. The van der Waals surface area contributed by atoms with Gasteiger partial charge in [-0.25, -0.2) is 0 Å². The molecular weight excluding hydrogens is 194 g/mol. The van der Waals surface area contributed by atoms with Crippen LogP contribution in [0.1, 0.15) is 19.5 Å². The predicted molar refractivity (Wildman–Crippen MR) is 56.4 cm³/mol. The molecule has 1 aromatic rings. The van der Waals surface area contributed by atoms with Crippen molar-refractivity contribution in [3.8, 4) is 0 Å². The van der Waals surface area contributed by atoms with Crippen LogP contribution >= 0.6 is 0 Å². The van der Waals surface area contributed by atoms with Gasteiger partial charge in [-0.15, -0.1) is 0 Å². The molecule has 0 radical (unpaired) electrons. The minimum Gasteiger partial charge on any atom is -0.480 e. The highest BCUT2D eigenvalue weighted by molar-refractivity contribution is 5.69. The van der Waals surface area contributed by atoms with Crippen molar-refractivity contribution >= 4 is 5.97 Å². The van der Waals surface area contributed by atoms with Crippen molar-refractivity contribution < 1.29 is 9.90 Å². The molecule has 0 atom stereocenters. The molecule has 1 aromatic heterocycles. The summed E-state index contributed by atoms with van der Waals surface area (Å²) < 4.78 is 1.72. The van der Waals surface area contributed by atoms with E-state index in [0.29, 0.717) is 6.54 Å². The smallest absolute Gasteiger partial charge is 0.317 e. The maximum atomic E-state index is 10.6. The molecule has 0 aliphatic rings. The third-order valence-corrected chi connectivity index (χ3v) is 2.20.